The number of fused-ring (bicyclic) bond motifs is 1. The first-order valence-corrected chi connectivity index (χ1v) is 9.54. The van der Waals surface area contributed by atoms with Crippen molar-refractivity contribution in [1.29, 1.82) is 0 Å². The molecule has 2 aromatic heterocycles. The molecule has 1 amide bonds. The fraction of sp³-hybridized carbons (Fsp3) is 0.0500. The van der Waals surface area contributed by atoms with Crippen LogP contribution in [0.2, 0.25) is 5.02 Å². The average Bonchev–Trinajstić information content (AvgIpc) is 3.14. The van der Waals surface area contributed by atoms with Gasteiger partial charge in [0.15, 0.2) is 4.96 Å². The number of amides is 1. The highest BCUT2D eigenvalue weighted by Crippen LogP contribution is 2.28. The Hall–Kier alpha value is -3.16. The van der Waals surface area contributed by atoms with Gasteiger partial charge in [0.05, 0.1) is 18.5 Å². The summed E-state index contributed by atoms with van der Waals surface area (Å²) in [5.41, 5.74) is 1.41. The quantitative estimate of drug-likeness (QED) is 0.542. The molecule has 8 heteroatoms. The van der Waals surface area contributed by atoms with Gasteiger partial charge in [0.25, 0.3) is 11.5 Å². The summed E-state index contributed by atoms with van der Waals surface area (Å²) in [7, 11) is 1.49. The first kappa shape index (κ1) is 18.2. The Kier molecular flexibility index (Phi) is 4.85. The molecule has 2 heterocycles. The van der Waals surface area contributed by atoms with E-state index in [-0.39, 0.29) is 5.56 Å². The number of methoxy groups -OCH3 is 1. The van der Waals surface area contributed by atoms with Gasteiger partial charge >= 0.3 is 0 Å². The van der Waals surface area contributed by atoms with Crippen LogP contribution in [0.4, 0.5) is 5.69 Å². The summed E-state index contributed by atoms with van der Waals surface area (Å²) in [5, 5.41) is 4.96. The highest BCUT2D eigenvalue weighted by atomic mass is 35.5. The number of thiazole rings is 1. The van der Waals surface area contributed by atoms with E-state index in [1.54, 1.807) is 18.2 Å². The van der Waals surface area contributed by atoms with Crippen LogP contribution in [0.15, 0.2) is 64.9 Å². The van der Waals surface area contributed by atoms with E-state index in [0.29, 0.717) is 27.1 Å². The molecule has 140 valence electrons. The van der Waals surface area contributed by atoms with Crippen LogP contribution in [0.25, 0.3) is 16.2 Å². The summed E-state index contributed by atoms with van der Waals surface area (Å²) < 4.78 is 6.68. The number of hydrogen-bond acceptors (Lipinski definition) is 5. The Morgan fingerprint density at radius 1 is 1.21 bits per heavy atom. The molecule has 0 radical (unpaired) electrons. The monoisotopic (exact) mass is 411 g/mol. The maximum absolute atomic E-state index is 13.0. The van der Waals surface area contributed by atoms with Crippen LogP contribution in [-0.4, -0.2) is 22.4 Å². The van der Waals surface area contributed by atoms with Crippen LogP contribution in [0.3, 0.4) is 0 Å². The Bertz CT molecular complexity index is 1230. The number of ether oxygens (including phenoxy) is 1. The van der Waals surface area contributed by atoms with E-state index in [2.05, 4.69) is 10.3 Å². The summed E-state index contributed by atoms with van der Waals surface area (Å²) in [6, 6.07) is 14.3. The lowest BCUT2D eigenvalue weighted by atomic mass is 10.2. The second-order valence-corrected chi connectivity index (χ2v) is 7.15. The minimum Gasteiger partial charge on any atom is -0.495 e. The van der Waals surface area contributed by atoms with Crippen LogP contribution in [0.5, 0.6) is 5.75 Å². The van der Waals surface area contributed by atoms with Crippen LogP contribution < -0.4 is 15.6 Å². The smallest absolute Gasteiger partial charge is 0.271 e. The highest BCUT2D eigenvalue weighted by molar-refractivity contribution is 7.15. The Morgan fingerprint density at radius 2 is 2.00 bits per heavy atom. The van der Waals surface area contributed by atoms with Crippen LogP contribution in [-0.2, 0) is 0 Å². The lowest BCUT2D eigenvalue weighted by Gasteiger charge is -2.10. The van der Waals surface area contributed by atoms with Gasteiger partial charge < -0.3 is 10.1 Å². The highest BCUT2D eigenvalue weighted by Gasteiger charge is 2.18. The summed E-state index contributed by atoms with van der Waals surface area (Å²) in [4.78, 5) is 30.6. The molecule has 6 nitrogen and oxygen atoms in total. The Labute approximate surface area is 169 Å². The zero-order valence-electron chi connectivity index (χ0n) is 14.7. The van der Waals surface area contributed by atoms with E-state index in [4.69, 9.17) is 16.3 Å². The lowest BCUT2D eigenvalue weighted by Crippen LogP contribution is -2.26. The van der Waals surface area contributed by atoms with Crippen molar-refractivity contribution in [1.82, 2.24) is 9.38 Å². The lowest BCUT2D eigenvalue weighted by molar-refractivity contribution is 0.102. The fourth-order valence-electron chi connectivity index (χ4n) is 2.83. The Balaban J connectivity index is 1.78. The van der Waals surface area contributed by atoms with Gasteiger partial charge in [0, 0.05) is 16.6 Å². The molecule has 0 aliphatic heterocycles. The predicted octanol–water partition coefficient (Wildman–Crippen LogP) is 4.34. The summed E-state index contributed by atoms with van der Waals surface area (Å²) >= 11 is 7.34. The summed E-state index contributed by atoms with van der Waals surface area (Å²) in [6.45, 7) is 0. The third-order valence-corrected chi connectivity index (χ3v) is 5.24. The number of rotatable bonds is 4. The molecule has 0 atom stereocenters. The van der Waals surface area contributed by atoms with Gasteiger partial charge in [0.2, 0.25) is 0 Å². The molecule has 0 saturated carbocycles. The van der Waals surface area contributed by atoms with Crippen molar-refractivity contribution >= 4 is 39.5 Å². The van der Waals surface area contributed by atoms with E-state index in [1.807, 2.05) is 35.7 Å². The van der Waals surface area contributed by atoms with Gasteiger partial charge in [-0.15, -0.1) is 11.3 Å². The van der Waals surface area contributed by atoms with E-state index in [1.165, 1.54) is 29.0 Å². The normalized spacial score (nSPS) is 10.8. The molecule has 2 aromatic carbocycles. The number of benzene rings is 2. The van der Waals surface area contributed by atoms with Gasteiger partial charge in [0.1, 0.15) is 11.3 Å². The molecular formula is C20H14ClN3O3S. The SMILES string of the molecule is COc1ccc(Cl)cc1NC(=O)c1cnc2scc(-c3ccccc3)n2c1=O. The number of hydrogen-bond donors (Lipinski definition) is 1. The van der Waals surface area contributed by atoms with Crippen molar-refractivity contribution in [2.75, 3.05) is 12.4 Å². The van der Waals surface area contributed by atoms with Gasteiger partial charge in [-0.3, -0.25) is 14.0 Å². The predicted molar refractivity (Wildman–Crippen MR) is 111 cm³/mol. The number of anilines is 1. The van der Waals surface area contributed by atoms with E-state index in [0.717, 1.165) is 5.56 Å². The molecule has 0 bridgehead atoms. The fourth-order valence-corrected chi connectivity index (χ4v) is 3.86. The minimum absolute atomic E-state index is 0.0740. The van der Waals surface area contributed by atoms with Crippen molar-refractivity contribution in [3.63, 3.8) is 0 Å². The van der Waals surface area contributed by atoms with Crippen molar-refractivity contribution in [3.05, 3.63) is 81.0 Å². The topological polar surface area (TPSA) is 72.7 Å². The largest absolute Gasteiger partial charge is 0.495 e. The first-order valence-electron chi connectivity index (χ1n) is 8.28. The van der Waals surface area contributed by atoms with Crippen molar-refractivity contribution in [2.45, 2.75) is 0 Å². The maximum Gasteiger partial charge on any atom is 0.271 e. The number of carbonyl (C=O) groups excluding carboxylic acids is 1. The van der Waals surface area contributed by atoms with Gasteiger partial charge in [-0.05, 0) is 23.8 Å². The molecule has 0 fully saturated rings. The average molecular weight is 412 g/mol. The van der Waals surface area contributed by atoms with E-state index >= 15 is 0 Å². The number of halogens is 1. The molecule has 0 aliphatic rings. The second-order valence-electron chi connectivity index (χ2n) is 5.88. The second kappa shape index (κ2) is 7.46. The number of nitrogens with zero attached hydrogens (tertiary/aromatic N) is 2. The molecule has 1 N–H and O–H groups in total. The molecule has 0 saturated heterocycles. The number of nitrogens with one attached hydrogen (secondary N) is 1. The minimum atomic E-state index is -0.585. The van der Waals surface area contributed by atoms with Crippen LogP contribution in [0, 0.1) is 0 Å². The maximum atomic E-state index is 13.0. The molecule has 28 heavy (non-hydrogen) atoms. The molecule has 0 aliphatic carbocycles. The van der Waals surface area contributed by atoms with Crippen molar-refractivity contribution in [3.8, 4) is 17.0 Å². The zero-order chi connectivity index (χ0) is 19.7. The standard InChI is InChI=1S/C20H14ClN3O3S/c1-27-17-8-7-13(21)9-15(17)23-18(25)14-10-22-20-24(19(14)26)16(11-28-20)12-5-3-2-4-6-12/h2-11H,1H3,(H,23,25). The Morgan fingerprint density at radius 3 is 2.75 bits per heavy atom. The van der Waals surface area contributed by atoms with Crippen molar-refractivity contribution < 1.29 is 9.53 Å². The third-order valence-electron chi connectivity index (χ3n) is 4.17. The van der Waals surface area contributed by atoms with Crippen LogP contribution >= 0.6 is 22.9 Å². The first-order chi connectivity index (χ1) is 13.6. The summed E-state index contributed by atoms with van der Waals surface area (Å²) in [5.74, 6) is -0.148. The van der Waals surface area contributed by atoms with Gasteiger partial charge in [-0.1, -0.05) is 41.9 Å². The van der Waals surface area contributed by atoms with Gasteiger partial charge in [-0.25, -0.2) is 4.98 Å². The molecular weight excluding hydrogens is 398 g/mol. The third kappa shape index (κ3) is 3.26. The molecule has 0 unspecified atom stereocenters. The number of aromatic nitrogens is 2. The van der Waals surface area contributed by atoms with Gasteiger partial charge in [-0.2, -0.15) is 0 Å². The van der Waals surface area contributed by atoms with E-state index in [9.17, 15) is 9.59 Å². The van der Waals surface area contributed by atoms with Crippen molar-refractivity contribution in [2.24, 2.45) is 0 Å². The molecule has 4 aromatic rings. The molecule has 4 rings (SSSR count). The summed E-state index contributed by atoms with van der Waals surface area (Å²) in [6.07, 6.45) is 1.29. The molecule has 0 spiro atoms. The number of carbonyl (C=O) groups is 1. The van der Waals surface area contributed by atoms with Crippen LogP contribution in [0.1, 0.15) is 10.4 Å². The van der Waals surface area contributed by atoms with E-state index < -0.39 is 11.5 Å². The zero-order valence-corrected chi connectivity index (χ0v) is 16.3.